The summed E-state index contributed by atoms with van der Waals surface area (Å²) in [5, 5.41) is 1.37. The molecule has 140 valence electrons. The highest BCUT2D eigenvalue weighted by Gasteiger charge is 2.36. The van der Waals surface area contributed by atoms with Crippen LogP contribution in [0.15, 0.2) is 23.1 Å². The zero-order valence-corrected chi connectivity index (χ0v) is 15.0. The van der Waals surface area contributed by atoms with Gasteiger partial charge in [0.15, 0.2) is 9.84 Å². The summed E-state index contributed by atoms with van der Waals surface area (Å²) in [6.45, 7) is -0.314. The Hall–Kier alpha value is -1.59. The van der Waals surface area contributed by atoms with Crippen LogP contribution in [0, 0.1) is 11.6 Å². The van der Waals surface area contributed by atoms with E-state index in [4.69, 9.17) is 0 Å². The van der Waals surface area contributed by atoms with Crippen molar-refractivity contribution in [2.75, 3.05) is 25.9 Å². The average Bonchev–Trinajstić information content (AvgIpc) is 2.56. The molecule has 7 nitrogen and oxygen atoms in total. The predicted molar refractivity (Wildman–Crippen MR) is 86.0 cm³/mol. The van der Waals surface area contributed by atoms with Crippen molar-refractivity contribution in [3.63, 3.8) is 0 Å². The molecule has 1 saturated heterocycles. The Morgan fingerprint density at radius 1 is 1.20 bits per heavy atom. The van der Waals surface area contributed by atoms with E-state index in [0.29, 0.717) is 6.07 Å². The number of sulfone groups is 1. The number of amides is 1. The molecule has 1 N–H and O–H groups in total. The third-order valence-corrected chi connectivity index (χ3v) is 8.10. The van der Waals surface area contributed by atoms with Gasteiger partial charge in [0.05, 0.1) is 5.25 Å². The second kappa shape index (κ2) is 7.34. The number of benzene rings is 1. The van der Waals surface area contributed by atoms with Crippen molar-refractivity contribution < 1.29 is 30.4 Å². The second-order valence-corrected chi connectivity index (χ2v) is 9.85. The summed E-state index contributed by atoms with van der Waals surface area (Å²) in [5.41, 5.74) is 0. The van der Waals surface area contributed by atoms with E-state index < -0.39 is 53.3 Å². The number of rotatable bonds is 5. The highest BCUT2D eigenvalue weighted by Crippen LogP contribution is 2.26. The van der Waals surface area contributed by atoms with E-state index in [9.17, 15) is 30.4 Å². The minimum Gasteiger partial charge on any atom is -0.358 e. The molecule has 1 heterocycles. The number of nitrogens with zero attached hydrogens (tertiary/aromatic N) is 1. The zero-order chi connectivity index (χ0) is 18.8. The Labute approximate surface area is 145 Å². The van der Waals surface area contributed by atoms with Crippen LogP contribution in [-0.4, -0.2) is 58.2 Å². The van der Waals surface area contributed by atoms with Crippen LogP contribution in [0.4, 0.5) is 8.78 Å². The standard InChI is InChI=1S/C14H18F2N2O5S2/c1-17-14(19)9-24(20,21)11-4-6-18(7-5-11)25(22,23)13-8-10(15)2-3-12(13)16/h2-3,8,11H,4-7,9H2,1H3,(H,17,19). The number of halogens is 2. The summed E-state index contributed by atoms with van der Waals surface area (Å²) in [5.74, 6) is -3.27. The maximum atomic E-state index is 13.8. The van der Waals surface area contributed by atoms with Gasteiger partial charge in [0.2, 0.25) is 15.9 Å². The zero-order valence-electron chi connectivity index (χ0n) is 13.4. The molecule has 1 aromatic carbocycles. The molecule has 1 fully saturated rings. The minimum absolute atomic E-state index is 0.0184. The molecule has 0 unspecified atom stereocenters. The first-order chi connectivity index (χ1) is 11.6. The van der Waals surface area contributed by atoms with Crippen LogP contribution < -0.4 is 5.32 Å². The van der Waals surface area contributed by atoms with E-state index in [-0.39, 0.29) is 25.9 Å². The molecule has 1 aromatic rings. The molecule has 0 bridgehead atoms. The van der Waals surface area contributed by atoms with Crippen molar-refractivity contribution >= 4 is 25.8 Å². The SMILES string of the molecule is CNC(=O)CS(=O)(=O)C1CCN(S(=O)(=O)c2cc(F)ccc2F)CC1. The first-order valence-electron chi connectivity index (χ1n) is 7.45. The Morgan fingerprint density at radius 2 is 1.80 bits per heavy atom. The molecule has 0 aliphatic carbocycles. The molecule has 0 radical (unpaired) electrons. The lowest BCUT2D eigenvalue weighted by atomic mass is 10.2. The third-order valence-electron chi connectivity index (χ3n) is 4.03. The van der Waals surface area contributed by atoms with E-state index in [1.54, 1.807) is 0 Å². The molecule has 25 heavy (non-hydrogen) atoms. The summed E-state index contributed by atoms with van der Waals surface area (Å²) in [6, 6.07) is 2.13. The lowest BCUT2D eigenvalue weighted by molar-refractivity contribution is -0.118. The highest BCUT2D eigenvalue weighted by molar-refractivity contribution is 7.92. The topological polar surface area (TPSA) is 101 Å². The van der Waals surface area contributed by atoms with Crippen molar-refractivity contribution in [3.8, 4) is 0 Å². The molecule has 11 heteroatoms. The number of piperidine rings is 1. The molecule has 0 saturated carbocycles. The molecular weight excluding hydrogens is 378 g/mol. The Kier molecular flexibility index (Phi) is 5.79. The summed E-state index contributed by atoms with van der Waals surface area (Å²) < 4.78 is 77.1. The van der Waals surface area contributed by atoms with Gasteiger partial charge in [-0.15, -0.1) is 0 Å². The monoisotopic (exact) mass is 396 g/mol. The van der Waals surface area contributed by atoms with E-state index in [1.165, 1.54) is 7.05 Å². The maximum Gasteiger partial charge on any atom is 0.246 e. The lowest BCUT2D eigenvalue weighted by Gasteiger charge is -2.30. The highest BCUT2D eigenvalue weighted by atomic mass is 32.2. The van der Waals surface area contributed by atoms with E-state index >= 15 is 0 Å². The molecular formula is C14H18F2N2O5S2. The number of carbonyl (C=O) groups excluding carboxylic acids is 1. The summed E-state index contributed by atoms with van der Waals surface area (Å²) >= 11 is 0. The normalized spacial score (nSPS) is 17.4. The first-order valence-corrected chi connectivity index (χ1v) is 10.6. The van der Waals surface area contributed by atoms with Gasteiger partial charge in [0, 0.05) is 20.1 Å². The fourth-order valence-corrected chi connectivity index (χ4v) is 5.84. The van der Waals surface area contributed by atoms with Gasteiger partial charge < -0.3 is 5.32 Å². The molecule has 1 aliphatic rings. The Bertz CT molecular complexity index is 863. The van der Waals surface area contributed by atoms with Crippen LogP contribution in [0.2, 0.25) is 0 Å². The smallest absolute Gasteiger partial charge is 0.246 e. The summed E-state index contributed by atoms with van der Waals surface area (Å²) in [4.78, 5) is 10.5. The van der Waals surface area contributed by atoms with Gasteiger partial charge in [-0.3, -0.25) is 4.79 Å². The number of sulfonamides is 1. The van der Waals surface area contributed by atoms with Gasteiger partial charge in [0.25, 0.3) is 0 Å². The maximum absolute atomic E-state index is 13.8. The van der Waals surface area contributed by atoms with Gasteiger partial charge in [0.1, 0.15) is 22.3 Å². The van der Waals surface area contributed by atoms with Crippen molar-refractivity contribution in [1.82, 2.24) is 9.62 Å². The minimum atomic E-state index is -4.27. The van der Waals surface area contributed by atoms with Crippen LogP contribution >= 0.6 is 0 Å². The van der Waals surface area contributed by atoms with Gasteiger partial charge >= 0.3 is 0 Å². The van der Waals surface area contributed by atoms with Gasteiger partial charge in [-0.25, -0.2) is 25.6 Å². The second-order valence-electron chi connectivity index (χ2n) is 5.66. The average molecular weight is 396 g/mol. The molecule has 0 aromatic heterocycles. The van der Waals surface area contributed by atoms with E-state index in [1.807, 2.05) is 0 Å². The largest absolute Gasteiger partial charge is 0.358 e. The fourth-order valence-electron chi connectivity index (χ4n) is 2.62. The number of hydrogen-bond acceptors (Lipinski definition) is 5. The Balaban J connectivity index is 2.14. The Morgan fingerprint density at radius 3 is 2.36 bits per heavy atom. The van der Waals surface area contributed by atoms with Crippen molar-refractivity contribution in [3.05, 3.63) is 29.8 Å². The van der Waals surface area contributed by atoms with Crippen LogP contribution in [0.25, 0.3) is 0 Å². The molecule has 0 spiro atoms. The van der Waals surface area contributed by atoms with Crippen LogP contribution in [0.5, 0.6) is 0 Å². The van der Waals surface area contributed by atoms with Crippen molar-refractivity contribution in [2.24, 2.45) is 0 Å². The quantitative estimate of drug-likeness (QED) is 0.771. The number of carbonyl (C=O) groups is 1. The summed E-state index contributed by atoms with van der Waals surface area (Å²) in [7, 11) is -6.66. The third kappa shape index (κ3) is 4.33. The predicted octanol–water partition coefficient (Wildman–Crippen LogP) is 0.279. The lowest BCUT2D eigenvalue weighted by Crippen LogP contribution is -2.44. The molecule has 1 amide bonds. The number of nitrogens with one attached hydrogen (secondary N) is 1. The molecule has 1 aliphatic heterocycles. The van der Waals surface area contributed by atoms with E-state index in [0.717, 1.165) is 16.4 Å². The number of hydrogen-bond donors (Lipinski definition) is 1. The van der Waals surface area contributed by atoms with Crippen molar-refractivity contribution in [1.29, 1.82) is 0 Å². The summed E-state index contributed by atoms with van der Waals surface area (Å²) in [6.07, 6.45) is -0.0367. The van der Waals surface area contributed by atoms with Crippen LogP contribution in [0.1, 0.15) is 12.8 Å². The van der Waals surface area contributed by atoms with E-state index in [2.05, 4.69) is 5.32 Å². The van der Waals surface area contributed by atoms with Gasteiger partial charge in [-0.05, 0) is 31.0 Å². The van der Waals surface area contributed by atoms with Gasteiger partial charge in [-0.1, -0.05) is 0 Å². The first kappa shape index (κ1) is 19.7. The van der Waals surface area contributed by atoms with Crippen LogP contribution in [-0.2, 0) is 24.7 Å². The van der Waals surface area contributed by atoms with Crippen LogP contribution in [0.3, 0.4) is 0 Å². The van der Waals surface area contributed by atoms with Gasteiger partial charge in [-0.2, -0.15) is 4.31 Å². The molecule has 0 atom stereocenters. The molecule has 2 rings (SSSR count). The fraction of sp³-hybridized carbons (Fsp3) is 0.500. The van der Waals surface area contributed by atoms with Crippen molar-refractivity contribution in [2.45, 2.75) is 23.0 Å².